The van der Waals surface area contributed by atoms with Crippen molar-refractivity contribution in [2.24, 2.45) is 0 Å². The lowest BCUT2D eigenvalue weighted by Crippen LogP contribution is -2.37. The van der Waals surface area contributed by atoms with E-state index in [-0.39, 0.29) is 11.9 Å². The summed E-state index contributed by atoms with van der Waals surface area (Å²) in [7, 11) is 4.58. The molecule has 2 heterocycles. The number of nitrogens with one attached hydrogen (secondary N) is 2. The van der Waals surface area contributed by atoms with Crippen molar-refractivity contribution in [2.45, 2.75) is 12.5 Å². The van der Waals surface area contributed by atoms with Gasteiger partial charge in [-0.25, -0.2) is 0 Å². The average molecular weight is 457 g/mol. The number of benzene rings is 2. The summed E-state index contributed by atoms with van der Waals surface area (Å²) in [5.74, 6) is 1.99. The van der Waals surface area contributed by atoms with Gasteiger partial charge in [-0.05, 0) is 36.2 Å². The molecule has 1 fully saturated rings. The first kappa shape index (κ1) is 21.8. The second-order valence-corrected chi connectivity index (χ2v) is 7.90. The van der Waals surface area contributed by atoms with Crippen molar-refractivity contribution in [2.75, 3.05) is 39.3 Å². The van der Waals surface area contributed by atoms with Crippen LogP contribution in [-0.4, -0.2) is 56.6 Å². The Kier molecular flexibility index (Phi) is 6.41. The Labute approximate surface area is 191 Å². The van der Waals surface area contributed by atoms with Crippen LogP contribution in [0.5, 0.6) is 17.2 Å². The lowest BCUT2D eigenvalue weighted by molar-refractivity contribution is 0.0939. The van der Waals surface area contributed by atoms with E-state index in [4.69, 9.17) is 25.8 Å². The van der Waals surface area contributed by atoms with Crippen LogP contribution in [0.3, 0.4) is 0 Å². The van der Waals surface area contributed by atoms with Gasteiger partial charge in [0.25, 0.3) is 5.91 Å². The number of hydrogen-bond acceptors (Lipinski definition) is 6. The van der Waals surface area contributed by atoms with Crippen molar-refractivity contribution < 1.29 is 19.0 Å². The number of rotatable bonds is 7. The van der Waals surface area contributed by atoms with Crippen LogP contribution in [0.2, 0.25) is 5.02 Å². The number of H-pyrrole nitrogens is 1. The quantitative estimate of drug-likeness (QED) is 0.562. The molecule has 1 saturated heterocycles. The number of methoxy groups -OCH3 is 3. The van der Waals surface area contributed by atoms with Crippen LogP contribution in [0.15, 0.2) is 42.5 Å². The van der Waals surface area contributed by atoms with Crippen LogP contribution in [0.1, 0.15) is 16.8 Å². The maximum atomic E-state index is 12.9. The van der Waals surface area contributed by atoms with E-state index >= 15 is 0 Å². The molecule has 1 atom stereocenters. The van der Waals surface area contributed by atoms with E-state index in [1.165, 1.54) is 21.3 Å². The summed E-state index contributed by atoms with van der Waals surface area (Å²) >= 11 is 5.97. The van der Waals surface area contributed by atoms with Gasteiger partial charge < -0.3 is 24.4 Å². The summed E-state index contributed by atoms with van der Waals surface area (Å²) in [5.41, 5.74) is 2.38. The molecule has 1 aliphatic rings. The minimum Gasteiger partial charge on any atom is -0.493 e. The zero-order valence-electron chi connectivity index (χ0n) is 18.1. The smallest absolute Gasteiger partial charge is 0.251 e. The van der Waals surface area contributed by atoms with Crippen LogP contribution in [0.4, 0.5) is 5.82 Å². The van der Waals surface area contributed by atoms with Crippen molar-refractivity contribution in [1.82, 2.24) is 15.5 Å². The predicted octanol–water partition coefficient (Wildman–Crippen LogP) is 3.76. The summed E-state index contributed by atoms with van der Waals surface area (Å²) in [6, 6.07) is 12.9. The SMILES string of the molecule is COc1cc(C(=O)N[C@@H]2CCN(c3cc(-c4ccc(Cl)cc4)[nH]n3)C2)cc(OC)c1OC. The third-order valence-corrected chi connectivity index (χ3v) is 5.75. The Morgan fingerprint density at radius 1 is 1.09 bits per heavy atom. The second kappa shape index (κ2) is 9.40. The minimum absolute atomic E-state index is 0.00252. The zero-order chi connectivity index (χ0) is 22.7. The van der Waals surface area contributed by atoms with Gasteiger partial charge in [-0.15, -0.1) is 0 Å². The Morgan fingerprint density at radius 3 is 2.41 bits per heavy atom. The fraction of sp³-hybridized carbons (Fsp3) is 0.304. The molecule has 2 N–H and O–H groups in total. The number of aromatic amines is 1. The summed E-state index contributed by atoms with van der Waals surface area (Å²) in [6.07, 6.45) is 0.819. The number of carbonyl (C=O) groups is 1. The fourth-order valence-electron chi connectivity index (χ4n) is 3.82. The highest BCUT2D eigenvalue weighted by molar-refractivity contribution is 6.30. The van der Waals surface area contributed by atoms with Gasteiger partial charge in [0.05, 0.1) is 27.0 Å². The zero-order valence-corrected chi connectivity index (χ0v) is 18.9. The van der Waals surface area contributed by atoms with Gasteiger partial charge in [0.1, 0.15) is 0 Å². The first-order valence-corrected chi connectivity index (χ1v) is 10.6. The fourth-order valence-corrected chi connectivity index (χ4v) is 3.94. The Hall–Kier alpha value is -3.39. The molecule has 168 valence electrons. The highest BCUT2D eigenvalue weighted by Gasteiger charge is 2.27. The predicted molar refractivity (Wildman–Crippen MR) is 123 cm³/mol. The van der Waals surface area contributed by atoms with E-state index in [0.717, 1.165) is 30.0 Å². The Balaban J connectivity index is 1.42. The lowest BCUT2D eigenvalue weighted by atomic mass is 10.1. The third-order valence-electron chi connectivity index (χ3n) is 5.49. The molecule has 8 nitrogen and oxygen atoms in total. The Morgan fingerprint density at radius 2 is 1.78 bits per heavy atom. The highest BCUT2D eigenvalue weighted by Crippen LogP contribution is 2.38. The summed E-state index contributed by atoms with van der Waals surface area (Å²) in [5, 5.41) is 11.3. The molecule has 2 aromatic carbocycles. The number of amides is 1. The third kappa shape index (κ3) is 4.45. The van der Waals surface area contributed by atoms with Crippen LogP contribution in [0, 0.1) is 0 Å². The van der Waals surface area contributed by atoms with Gasteiger partial charge in [-0.1, -0.05) is 23.7 Å². The maximum Gasteiger partial charge on any atom is 0.251 e. The first-order chi connectivity index (χ1) is 15.5. The van der Waals surface area contributed by atoms with Gasteiger partial charge in [0.15, 0.2) is 17.3 Å². The first-order valence-electron chi connectivity index (χ1n) is 10.2. The normalized spacial score (nSPS) is 15.5. The summed E-state index contributed by atoms with van der Waals surface area (Å²) in [6.45, 7) is 1.46. The molecule has 1 amide bonds. The van der Waals surface area contributed by atoms with E-state index in [1.54, 1.807) is 12.1 Å². The van der Waals surface area contributed by atoms with Crippen molar-refractivity contribution in [1.29, 1.82) is 0 Å². The minimum atomic E-state index is -0.194. The number of halogens is 1. The van der Waals surface area contributed by atoms with Crippen LogP contribution >= 0.6 is 11.6 Å². The second-order valence-electron chi connectivity index (χ2n) is 7.47. The van der Waals surface area contributed by atoms with E-state index in [1.807, 2.05) is 30.3 Å². The number of hydrogen-bond donors (Lipinski definition) is 2. The number of aromatic nitrogens is 2. The van der Waals surface area contributed by atoms with Crippen molar-refractivity contribution in [3.63, 3.8) is 0 Å². The number of ether oxygens (including phenoxy) is 3. The number of anilines is 1. The molecule has 1 aromatic heterocycles. The van der Waals surface area contributed by atoms with E-state index < -0.39 is 0 Å². The summed E-state index contributed by atoms with van der Waals surface area (Å²) < 4.78 is 16.0. The Bertz CT molecular complexity index is 1070. The molecule has 3 aromatic rings. The molecule has 32 heavy (non-hydrogen) atoms. The molecule has 0 bridgehead atoms. The molecule has 0 aliphatic carbocycles. The average Bonchev–Trinajstić information content (AvgIpc) is 3.48. The molecule has 0 radical (unpaired) electrons. The van der Waals surface area contributed by atoms with Gasteiger partial charge in [-0.3, -0.25) is 9.89 Å². The molecule has 0 unspecified atom stereocenters. The van der Waals surface area contributed by atoms with Gasteiger partial charge in [0.2, 0.25) is 5.75 Å². The highest BCUT2D eigenvalue weighted by atomic mass is 35.5. The van der Waals surface area contributed by atoms with Crippen LogP contribution in [-0.2, 0) is 0 Å². The van der Waals surface area contributed by atoms with Gasteiger partial charge in [-0.2, -0.15) is 5.10 Å². The number of carbonyl (C=O) groups excluding carboxylic acids is 1. The van der Waals surface area contributed by atoms with Gasteiger partial charge >= 0.3 is 0 Å². The lowest BCUT2D eigenvalue weighted by Gasteiger charge is -2.17. The van der Waals surface area contributed by atoms with Crippen LogP contribution < -0.4 is 24.4 Å². The standard InChI is InChI=1S/C23H25ClN4O4/c1-30-19-10-15(11-20(31-2)22(19)32-3)23(29)25-17-8-9-28(13-17)21-12-18(26-27-21)14-4-6-16(24)7-5-14/h4-7,10-12,17H,8-9,13H2,1-3H3,(H,25,29)(H,26,27)/t17-/m1/s1. The molecular formula is C23H25ClN4O4. The largest absolute Gasteiger partial charge is 0.493 e. The molecule has 0 saturated carbocycles. The van der Waals surface area contributed by atoms with E-state index in [0.29, 0.717) is 34.4 Å². The molecule has 1 aliphatic heterocycles. The molecule has 4 rings (SSSR count). The maximum absolute atomic E-state index is 12.9. The van der Waals surface area contributed by atoms with Crippen LogP contribution in [0.25, 0.3) is 11.3 Å². The van der Waals surface area contributed by atoms with Gasteiger partial charge in [0, 0.05) is 35.8 Å². The van der Waals surface area contributed by atoms with E-state index in [2.05, 4.69) is 20.4 Å². The molecule has 0 spiro atoms. The molecular weight excluding hydrogens is 432 g/mol. The van der Waals surface area contributed by atoms with E-state index in [9.17, 15) is 4.79 Å². The van der Waals surface area contributed by atoms with Crippen molar-refractivity contribution in [3.8, 4) is 28.5 Å². The van der Waals surface area contributed by atoms with Crippen molar-refractivity contribution in [3.05, 3.63) is 53.1 Å². The molecule has 9 heteroatoms. The summed E-state index contributed by atoms with van der Waals surface area (Å²) in [4.78, 5) is 15.0. The topological polar surface area (TPSA) is 88.7 Å². The monoisotopic (exact) mass is 456 g/mol. The van der Waals surface area contributed by atoms with Crippen molar-refractivity contribution >= 4 is 23.3 Å². The number of nitrogens with zero attached hydrogens (tertiary/aromatic N) is 2.